The van der Waals surface area contributed by atoms with E-state index >= 15 is 0 Å². The molecule has 1 amide bonds. The van der Waals surface area contributed by atoms with Gasteiger partial charge in [0.25, 0.3) is 0 Å². The Labute approximate surface area is 182 Å². The second-order valence-electron chi connectivity index (χ2n) is 6.18. The van der Waals surface area contributed by atoms with E-state index in [1.165, 1.54) is 23.1 Å². The van der Waals surface area contributed by atoms with Crippen LogP contribution in [0.2, 0.25) is 5.02 Å². The van der Waals surface area contributed by atoms with Crippen molar-refractivity contribution in [2.45, 2.75) is 24.8 Å². The monoisotopic (exact) mass is 446 g/mol. The first kappa shape index (κ1) is 21.4. The average Bonchev–Trinajstić information content (AvgIpc) is 3.15. The van der Waals surface area contributed by atoms with E-state index in [2.05, 4.69) is 10.3 Å². The summed E-state index contributed by atoms with van der Waals surface area (Å²) in [5, 5.41) is 6.02. The molecule has 0 saturated heterocycles. The third kappa shape index (κ3) is 6.88. The molecule has 0 radical (unpaired) electrons. The number of carbonyl (C=O) groups excluding carboxylic acids is 2. The van der Waals surface area contributed by atoms with Crippen molar-refractivity contribution in [3.63, 3.8) is 0 Å². The van der Waals surface area contributed by atoms with Crippen molar-refractivity contribution < 1.29 is 14.3 Å². The van der Waals surface area contributed by atoms with E-state index in [4.69, 9.17) is 16.3 Å². The molecule has 0 atom stereocenters. The van der Waals surface area contributed by atoms with Crippen molar-refractivity contribution in [3.05, 3.63) is 75.2 Å². The fraction of sp³-hybridized carbons (Fsp3) is 0.190. The van der Waals surface area contributed by atoms with E-state index < -0.39 is 0 Å². The highest BCUT2D eigenvalue weighted by Crippen LogP contribution is 2.21. The smallest absolute Gasteiger partial charge is 0.316 e. The number of nitrogens with one attached hydrogen (secondary N) is 1. The summed E-state index contributed by atoms with van der Waals surface area (Å²) in [5.41, 5.74) is 2.43. The van der Waals surface area contributed by atoms with Crippen molar-refractivity contribution in [2.75, 3.05) is 11.1 Å². The standard InChI is InChI=1S/C21H19ClN2O3S2/c1-14-4-2-3-5-18(14)24-19(25)10-20-23-16(12-29-20)11-27-21(26)13-28-17-8-6-15(22)7-9-17/h2-9,12H,10-11,13H2,1H3,(H,24,25). The maximum atomic E-state index is 12.2. The minimum atomic E-state index is -0.322. The molecular formula is C21H19ClN2O3S2. The molecule has 0 aliphatic heterocycles. The summed E-state index contributed by atoms with van der Waals surface area (Å²) >= 11 is 8.60. The minimum absolute atomic E-state index is 0.0932. The van der Waals surface area contributed by atoms with Gasteiger partial charge in [0.1, 0.15) is 11.6 Å². The van der Waals surface area contributed by atoms with Crippen LogP contribution >= 0.6 is 34.7 Å². The van der Waals surface area contributed by atoms with Crippen LogP contribution in [0.4, 0.5) is 5.69 Å². The molecule has 0 saturated carbocycles. The summed E-state index contributed by atoms with van der Waals surface area (Å²) in [6.07, 6.45) is 0.180. The molecule has 1 heterocycles. The number of aryl methyl sites for hydroxylation is 1. The number of anilines is 1. The first-order valence-corrected chi connectivity index (χ1v) is 11.1. The maximum Gasteiger partial charge on any atom is 0.316 e. The molecule has 0 fully saturated rings. The van der Waals surface area contributed by atoms with Crippen molar-refractivity contribution in [2.24, 2.45) is 0 Å². The number of hydrogen-bond donors (Lipinski definition) is 1. The number of para-hydroxylation sites is 1. The Hall–Kier alpha value is -2.35. The van der Waals surface area contributed by atoms with Gasteiger partial charge in [0.05, 0.1) is 17.9 Å². The lowest BCUT2D eigenvalue weighted by atomic mass is 10.2. The molecular weight excluding hydrogens is 428 g/mol. The second-order valence-corrected chi connectivity index (χ2v) is 8.60. The number of halogens is 1. The van der Waals surface area contributed by atoms with Gasteiger partial charge in [-0.1, -0.05) is 29.8 Å². The number of thiazole rings is 1. The van der Waals surface area contributed by atoms with Crippen LogP contribution in [0, 0.1) is 6.92 Å². The number of carbonyl (C=O) groups is 2. The number of nitrogens with zero attached hydrogens (tertiary/aromatic N) is 1. The number of ether oxygens (including phenoxy) is 1. The molecule has 0 aliphatic carbocycles. The van der Waals surface area contributed by atoms with Gasteiger partial charge < -0.3 is 10.1 Å². The van der Waals surface area contributed by atoms with E-state index in [1.807, 2.05) is 43.3 Å². The molecule has 150 valence electrons. The molecule has 1 aromatic heterocycles. The fourth-order valence-electron chi connectivity index (χ4n) is 2.41. The lowest BCUT2D eigenvalue weighted by molar-refractivity contribution is -0.141. The molecule has 2 aromatic carbocycles. The van der Waals surface area contributed by atoms with Gasteiger partial charge in [-0.2, -0.15) is 0 Å². The second kappa shape index (κ2) is 10.4. The summed E-state index contributed by atoms with van der Waals surface area (Å²) in [6, 6.07) is 14.9. The predicted octanol–water partition coefficient (Wildman–Crippen LogP) is 5.12. The lowest BCUT2D eigenvalue weighted by Gasteiger charge is -2.06. The number of rotatable bonds is 8. The zero-order chi connectivity index (χ0) is 20.6. The van der Waals surface area contributed by atoms with E-state index in [-0.39, 0.29) is 30.7 Å². The van der Waals surface area contributed by atoms with Crippen molar-refractivity contribution in [1.82, 2.24) is 4.98 Å². The number of aromatic nitrogens is 1. The SMILES string of the molecule is Cc1ccccc1NC(=O)Cc1nc(COC(=O)CSc2ccc(Cl)cc2)cs1. The zero-order valence-electron chi connectivity index (χ0n) is 15.7. The number of benzene rings is 2. The van der Waals surface area contributed by atoms with Gasteiger partial charge in [0, 0.05) is 21.0 Å². The predicted molar refractivity (Wildman–Crippen MR) is 118 cm³/mol. The minimum Gasteiger partial charge on any atom is -0.459 e. The van der Waals surface area contributed by atoms with Crippen LogP contribution in [0.5, 0.6) is 0 Å². The largest absolute Gasteiger partial charge is 0.459 e. The highest BCUT2D eigenvalue weighted by Gasteiger charge is 2.11. The molecule has 8 heteroatoms. The summed E-state index contributed by atoms with van der Waals surface area (Å²) in [4.78, 5) is 29.4. The Morgan fingerprint density at radius 3 is 2.69 bits per heavy atom. The quantitative estimate of drug-likeness (QED) is 0.384. The summed E-state index contributed by atoms with van der Waals surface area (Å²) in [6.45, 7) is 2.03. The summed E-state index contributed by atoms with van der Waals surface area (Å²) in [5.74, 6) is -0.245. The first-order chi connectivity index (χ1) is 14.0. The van der Waals surface area contributed by atoms with Gasteiger partial charge in [-0.25, -0.2) is 4.98 Å². The van der Waals surface area contributed by atoms with Crippen LogP contribution in [-0.4, -0.2) is 22.6 Å². The van der Waals surface area contributed by atoms with Crippen molar-refractivity contribution >= 4 is 52.3 Å². The van der Waals surface area contributed by atoms with Gasteiger partial charge in [0.15, 0.2) is 0 Å². The number of thioether (sulfide) groups is 1. The molecule has 3 aromatic rings. The van der Waals surface area contributed by atoms with E-state index in [0.717, 1.165) is 16.1 Å². The third-order valence-electron chi connectivity index (χ3n) is 3.88. The van der Waals surface area contributed by atoms with Crippen LogP contribution in [0.3, 0.4) is 0 Å². The Morgan fingerprint density at radius 1 is 1.17 bits per heavy atom. The molecule has 0 spiro atoms. The first-order valence-electron chi connectivity index (χ1n) is 8.82. The van der Waals surface area contributed by atoms with E-state index in [0.29, 0.717) is 15.7 Å². The maximum absolute atomic E-state index is 12.2. The highest BCUT2D eigenvalue weighted by molar-refractivity contribution is 8.00. The molecule has 0 unspecified atom stereocenters. The number of hydrogen-bond acceptors (Lipinski definition) is 6. The number of amides is 1. The molecule has 29 heavy (non-hydrogen) atoms. The summed E-state index contributed by atoms with van der Waals surface area (Å²) in [7, 11) is 0. The van der Waals surface area contributed by atoms with Crippen molar-refractivity contribution in [3.8, 4) is 0 Å². The number of esters is 1. The van der Waals surface area contributed by atoms with Gasteiger partial charge in [-0.05, 0) is 42.8 Å². The molecule has 0 aliphatic rings. The topological polar surface area (TPSA) is 68.3 Å². The Balaban J connectivity index is 1.42. The third-order valence-corrected chi connectivity index (χ3v) is 6.02. The van der Waals surface area contributed by atoms with E-state index in [9.17, 15) is 9.59 Å². The van der Waals surface area contributed by atoms with E-state index in [1.54, 1.807) is 17.5 Å². The molecule has 5 nitrogen and oxygen atoms in total. The molecule has 1 N–H and O–H groups in total. The van der Waals surface area contributed by atoms with Crippen LogP contribution in [-0.2, 0) is 27.4 Å². The van der Waals surface area contributed by atoms with Gasteiger partial charge in [0.2, 0.25) is 5.91 Å². The van der Waals surface area contributed by atoms with Crippen LogP contribution in [0.25, 0.3) is 0 Å². The van der Waals surface area contributed by atoms with Crippen LogP contribution in [0.1, 0.15) is 16.3 Å². The Kier molecular flexibility index (Phi) is 7.69. The Morgan fingerprint density at radius 2 is 1.93 bits per heavy atom. The fourth-order valence-corrected chi connectivity index (χ4v) is 4.01. The highest BCUT2D eigenvalue weighted by atomic mass is 35.5. The van der Waals surface area contributed by atoms with Gasteiger partial charge in [-0.3, -0.25) is 9.59 Å². The van der Waals surface area contributed by atoms with Gasteiger partial charge >= 0.3 is 5.97 Å². The van der Waals surface area contributed by atoms with Crippen molar-refractivity contribution in [1.29, 1.82) is 0 Å². The van der Waals surface area contributed by atoms with Gasteiger partial charge in [-0.15, -0.1) is 23.1 Å². The summed E-state index contributed by atoms with van der Waals surface area (Å²) < 4.78 is 5.26. The van der Waals surface area contributed by atoms with Crippen LogP contribution < -0.4 is 5.32 Å². The zero-order valence-corrected chi connectivity index (χ0v) is 18.1. The lowest BCUT2D eigenvalue weighted by Crippen LogP contribution is -2.15. The Bertz CT molecular complexity index is 990. The van der Waals surface area contributed by atoms with Crippen LogP contribution in [0.15, 0.2) is 58.8 Å². The average molecular weight is 447 g/mol. The molecule has 3 rings (SSSR count). The molecule has 0 bridgehead atoms. The normalized spacial score (nSPS) is 10.6.